The second-order valence-corrected chi connectivity index (χ2v) is 19.9. The Morgan fingerprint density at radius 1 is 0.414 bits per heavy atom. The van der Waals surface area contributed by atoms with Crippen LogP contribution in [0, 0.1) is 0 Å². The lowest BCUT2D eigenvalue weighted by atomic mass is 9.79. The van der Waals surface area contributed by atoms with Crippen LogP contribution in [-0.4, -0.2) is 0 Å². The zero-order valence-electron chi connectivity index (χ0n) is 35.6. The number of hydrogen-bond acceptors (Lipinski definition) is 2. The highest BCUT2D eigenvalue weighted by atomic mass is 16.3. The molecular weight excluding hydrogens is 703 g/mol. The summed E-state index contributed by atoms with van der Waals surface area (Å²) in [4.78, 5) is 2.46. The number of furan rings is 1. The number of hydrogen-bond donors (Lipinski definition) is 0. The molecule has 0 amide bonds. The molecule has 8 aromatic rings. The van der Waals surface area contributed by atoms with Crippen LogP contribution < -0.4 is 4.90 Å². The normalized spacial score (nSPS) is 15.0. The molecule has 1 aromatic heterocycles. The second-order valence-electron chi connectivity index (χ2n) is 19.9. The molecule has 288 valence electrons. The number of fused-ring (bicyclic) bond motifs is 9. The van der Waals surface area contributed by atoms with Gasteiger partial charge in [0.25, 0.3) is 0 Å². The summed E-state index contributed by atoms with van der Waals surface area (Å²) in [5.41, 5.74) is 20.8. The first-order chi connectivity index (χ1) is 27.5. The van der Waals surface area contributed by atoms with Gasteiger partial charge in [-0.25, -0.2) is 0 Å². The van der Waals surface area contributed by atoms with Crippen LogP contribution >= 0.6 is 0 Å². The van der Waals surface area contributed by atoms with Gasteiger partial charge in [0.1, 0.15) is 11.2 Å². The highest BCUT2D eigenvalue weighted by Crippen LogP contribution is 2.53. The molecule has 2 heteroatoms. The van der Waals surface area contributed by atoms with Crippen LogP contribution in [0.1, 0.15) is 103 Å². The van der Waals surface area contributed by atoms with Gasteiger partial charge in [-0.05, 0) is 114 Å². The SMILES string of the molecule is CC(C)(C)c1cc(-c2cccc3c2oc2ccc(N(c4ccc5c(c4)C(C)(C)c4ccccc4-5)c4ccc5c(c4)C(C)(C)c4ccccc4-5)cc23)cc(C(C)(C)C)c1. The number of anilines is 3. The van der Waals surface area contributed by atoms with E-state index < -0.39 is 0 Å². The first-order valence-corrected chi connectivity index (χ1v) is 20.9. The van der Waals surface area contributed by atoms with Crippen LogP contribution in [0.2, 0.25) is 0 Å². The van der Waals surface area contributed by atoms with Crippen LogP contribution in [0.4, 0.5) is 17.1 Å². The summed E-state index contributed by atoms with van der Waals surface area (Å²) < 4.78 is 6.86. The van der Waals surface area contributed by atoms with Crippen molar-refractivity contribution in [2.75, 3.05) is 4.90 Å². The molecule has 0 atom stereocenters. The van der Waals surface area contributed by atoms with Crippen molar-refractivity contribution in [3.8, 4) is 33.4 Å². The van der Waals surface area contributed by atoms with Gasteiger partial charge in [0, 0.05) is 44.2 Å². The van der Waals surface area contributed by atoms with E-state index >= 15 is 0 Å². The topological polar surface area (TPSA) is 16.4 Å². The Morgan fingerprint density at radius 3 is 1.41 bits per heavy atom. The molecule has 10 rings (SSSR count). The Bertz CT molecular complexity index is 2840. The molecule has 2 nitrogen and oxygen atoms in total. The molecule has 0 spiro atoms. The van der Waals surface area contributed by atoms with Crippen molar-refractivity contribution in [1.82, 2.24) is 0 Å². The van der Waals surface area contributed by atoms with E-state index in [1.807, 2.05) is 0 Å². The first-order valence-electron chi connectivity index (χ1n) is 20.9. The lowest BCUT2D eigenvalue weighted by Gasteiger charge is -2.29. The summed E-state index contributed by atoms with van der Waals surface area (Å²) >= 11 is 0. The van der Waals surface area contributed by atoms with E-state index in [-0.39, 0.29) is 21.7 Å². The van der Waals surface area contributed by atoms with Gasteiger partial charge in [-0.3, -0.25) is 0 Å². The zero-order chi connectivity index (χ0) is 40.5. The molecule has 0 N–H and O–H groups in total. The second kappa shape index (κ2) is 12.3. The lowest BCUT2D eigenvalue weighted by molar-refractivity contribution is 0.569. The Hall–Kier alpha value is -5.86. The predicted molar refractivity (Wildman–Crippen MR) is 246 cm³/mol. The van der Waals surface area contributed by atoms with Gasteiger partial charge < -0.3 is 9.32 Å². The van der Waals surface area contributed by atoms with Gasteiger partial charge in [0.05, 0.1) is 0 Å². The third kappa shape index (κ3) is 5.44. The van der Waals surface area contributed by atoms with Crippen molar-refractivity contribution in [3.05, 3.63) is 173 Å². The minimum atomic E-state index is -0.118. The summed E-state index contributed by atoms with van der Waals surface area (Å²) in [6.07, 6.45) is 0. The van der Waals surface area contributed by atoms with Crippen molar-refractivity contribution in [2.45, 2.75) is 90.9 Å². The molecule has 58 heavy (non-hydrogen) atoms. The standard InChI is InChI=1S/C56H53NO/c1-53(2,3)35-28-34(29-36(30-35)54(4,5)6)40-18-15-19-45-46-31-37(24-27-51(46)58-52(40)45)57(38-22-25-43-41-16-11-13-20-47(41)55(7,8)49(43)32-38)39-23-26-44-42-17-12-14-21-48(42)56(9,10)50(44)33-39/h11-33H,1-10H3. The Labute approximate surface area is 344 Å². The summed E-state index contributed by atoms with van der Waals surface area (Å²) in [5.74, 6) is 0. The van der Waals surface area contributed by atoms with Crippen LogP contribution in [0.3, 0.4) is 0 Å². The molecular formula is C56H53NO. The summed E-state index contributed by atoms with van der Waals surface area (Å²) in [7, 11) is 0. The Morgan fingerprint density at radius 2 is 0.879 bits per heavy atom. The summed E-state index contributed by atoms with van der Waals surface area (Å²) in [5, 5.41) is 2.24. The van der Waals surface area contributed by atoms with Crippen molar-refractivity contribution >= 4 is 39.0 Å². The first kappa shape index (κ1) is 36.5. The maximum absolute atomic E-state index is 6.86. The fourth-order valence-electron chi connectivity index (χ4n) is 9.91. The van der Waals surface area contributed by atoms with Crippen molar-refractivity contribution in [1.29, 1.82) is 0 Å². The largest absolute Gasteiger partial charge is 0.455 e. The summed E-state index contributed by atoms with van der Waals surface area (Å²) in [6.45, 7) is 23.3. The van der Waals surface area contributed by atoms with Gasteiger partial charge >= 0.3 is 0 Å². The van der Waals surface area contributed by atoms with Gasteiger partial charge in [-0.2, -0.15) is 0 Å². The van der Waals surface area contributed by atoms with Gasteiger partial charge in [0.15, 0.2) is 0 Å². The van der Waals surface area contributed by atoms with Gasteiger partial charge in [-0.1, -0.05) is 166 Å². The molecule has 0 fully saturated rings. The smallest absolute Gasteiger partial charge is 0.143 e. The van der Waals surface area contributed by atoms with E-state index in [2.05, 4.69) is 214 Å². The summed E-state index contributed by atoms with van der Waals surface area (Å²) in [6, 6.07) is 52.5. The van der Waals surface area contributed by atoms with E-state index in [4.69, 9.17) is 4.42 Å². The molecule has 0 saturated heterocycles. The zero-order valence-corrected chi connectivity index (χ0v) is 35.6. The molecule has 0 saturated carbocycles. The highest BCUT2D eigenvalue weighted by Gasteiger charge is 2.38. The molecule has 0 aliphatic heterocycles. The Kier molecular flexibility index (Phi) is 7.75. The number of rotatable bonds is 4. The average Bonchev–Trinajstić information content (AvgIpc) is 3.76. The molecule has 1 heterocycles. The van der Waals surface area contributed by atoms with Crippen molar-refractivity contribution in [3.63, 3.8) is 0 Å². The molecule has 0 radical (unpaired) electrons. The number of nitrogens with zero attached hydrogens (tertiary/aromatic N) is 1. The van der Waals surface area contributed by atoms with E-state index in [1.54, 1.807) is 0 Å². The lowest BCUT2D eigenvalue weighted by Crippen LogP contribution is -2.18. The van der Waals surface area contributed by atoms with Crippen LogP contribution in [0.5, 0.6) is 0 Å². The minimum Gasteiger partial charge on any atom is -0.455 e. The fraction of sp³-hybridized carbons (Fsp3) is 0.250. The average molecular weight is 756 g/mol. The van der Waals surface area contributed by atoms with E-state index in [1.165, 1.54) is 61.2 Å². The third-order valence-corrected chi connectivity index (χ3v) is 13.4. The van der Waals surface area contributed by atoms with E-state index in [0.29, 0.717) is 0 Å². The van der Waals surface area contributed by atoms with E-state index in [0.717, 1.165) is 44.6 Å². The Balaban J connectivity index is 1.17. The number of benzene rings is 7. The maximum atomic E-state index is 6.86. The number of para-hydroxylation sites is 1. The van der Waals surface area contributed by atoms with Crippen molar-refractivity contribution in [2.24, 2.45) is 0 Å². The predicted octanol–water partition coefficient (Wildman–Crippen LogP) is 15.9. The van der Waals surface area contributed by atoms with Gasteiger partial charge in [-0.15, -0.1) is 0 Å². The monoisotopic (exact) mass is 755 g/mol. The molecule has 7 aromatic carbocycles. The fourth-order valence-corrected chi connectivity index (χ4v) is 9.91. The van der Waals surface area contributed by atoms with Gasteiger partial charge in [0.2, 0.25) is 0 Å². The minimum absolute atomic E-state index is 0.0151. The van der Waals surface area contributed by atoms with Crippen molar-refractivity contribution < 1.29 is 4.42 Å². The van der Waals surface area contributed by atoms with Crippen LogP contribution in [-0.2, 0) is 21.7 Å². The van der Waals surface area contributed by atoms with Crippen LogP contribution in [0.15, 0.2) is 144 Å². The molecule has 2 aliphatic rings. The van der Waals surface area contributed by atoms with E-state index in [9.17, 15) is 0 Å². The van der Waals surface area contributed by atoms with Crippen LogP contribution in [0.25, 0.3) is 55.3 Å². The maximum Gasteiger partial charge on any atom is 0.143 e. The molecule has 0 bridgehead atoms. The molecule has 0 unspecified atom stereocenters. The molecule has 2 aliphatic carbocycles. The quantitative estimate of drug-likeness (QED) is 0.178. The third-order valence-electron chi connectivity index (χ3n) is 13.4. The highest BCUT2D eigenvalue weighted by molar-refractivity contribution is 6.11.